The number of ether oxygens (including phenoxy) is 2. The average molecular weight is 542 g/mol. The summed E-state index contributed by atoms with van der Waals surface area (Å²) < 4.78 is 10.0. The van der Waals surface area contributed by atoms with Gasteiger partial charge in [0.15, 0.2) is 0 Å². The number of methoxy groups -OCH3 is 2. The Morgan fingerprint density at radius 1 is 0.475 bits per heavy atom. The van der Waals surface area contributed by atoms with E-state index in [0.717, 1.165) is 24.3 Å². The summed E-state index contributed by atoms with van der Waals surface area (Å²) in [6.07, 6.45) is 0. The summed E-state index contributed by atoms with van der Waals surface area (Å²) in [6, 6.07) is 14.9. The van der Waals surface area contributed by atoms with Crippen LogP contribution in [0.25, 0.3) is 11.1 Å². The number of hydrogen-bond donors (Lipinski definition) is 4. The van der Waals surface area contributed by atoms with Crippen LogP contribution in [0.3, 0.4) is 0 Å². The molecule has 202 valence electrons. The summed E-state index contributed by atoms with van der Waals surface area (Å²) in [5, 5.41) is 42.2. The summed E-state index contributed by atoms with van der Waals surface area (Å²) in [4.78, 5) is 50.8. The third kappa shape index (κ3) is 5.18. The first kappa shape index (κ1) is 27.4. The first-order chi connectivity index (χ1) is 19.0. The third-order valence-electron chi connectivity index (χ3n) is 6.12. The van der Waals surface area contributed by atoms with E-state index in [2.05, 4.69) is 0 Å². The van der Waals surface area contributed by atoms with Crippen LogP contribution < -0.4 is 9.47 Å². The van der Waals surface area contributed by atoms with Crippen molar-refractivity contribution in [2.45, 2.75) is 0 Å². The summed E-state index contributed by atoms with van der Waals surface area (Å²) in [5.41, 5.74) is -1.38. The third-order valence-corrected chi connectivity index (χ3v) is 6.12. The monoisotopic (exact) mass is 542 g/mol. The maximum Gasteiger partial charge on any atom is 0.237 e. The molecule has 4 aromatic rings. The lowest BCUT2D eigenvalue weighted by atomic mass is 9.94. The van der Waals surface area contributed by atoms with E-state index in [1.165, 1.54) is 62.8 Å². The first-order valence-electron chi connectivity index (χ1n) is 11.6. The van der Waals surface area contributed by atoms with Crippen molar-refractivity contribution in [1.29, 1.82) is 0 Å². The molecule has 4 N–H and O–H groups in total. The Balaban J connectivity index is 1.64. The van der Waals surface area contributed by atoms with Gasteiger partial charge >= 0.3 is 0 Å². The first-order valence-corrected chi connectivity index (χ1v) is 11.6. The molecule has 0 spiro atoms. The van der Waals surface area contributed by atoms with E-state index < -0.39 is 57.3 Å². The van der Waals surface area contributed by atoms with Crippen molar-refractivity contribution in [3.63, 3.8) is 0 Å². The Hall–Kier alpha value is -5.64. The normalized spacial score (nSPS) is 10.6. The van der Waals surface area contributed by atoms with Crippen LogP contribution in [0.2, 0.25) is 0 Å². The number of carbonyl (C=O) groups is 4. The number of Topliss-reactive ketones (excluding diaryl/α,β-unsaturated/α-hetero) is 4. The minimum Gasteiger partial charge on any atom is -0.507 e. The van der Waals surface area contributed by atoms with Gasteiger partial charge in [-0.05, 0) is 72.8 Å². The molecule has 0 aliphatic heterocycles. The number of phenolic OH excluding ortho intramolecular Hbond substituents is 4. The summed E-state index contributed by atoms with van der Waals surface area (Å²) in [7, 11) is 2.88. The topological polar surface area (TPSA) is 168 Å². The Bertz CT molecular complexity index is 1530. The van der Waals surface area contributed by atoms with Crippen molar-refractivity contribution < 1.29 is 49.1 Å². The van der Waals surface area contributed by atoms with Gasteiger partial charge in [0.1, 0.15) is 34.5 Å². The van der Waals surface area contributed by atoms with Crippen molar-refractivity contribution >= 4 is 23.1 Å². The fraction of sp³-hybridized carbons (Fsp3) is 0.0667. The molecule has 4 aromatic carbocycles. The highest BCUT2D eigenvalue weighted by atomic mass is 16.5. The highest BCUT2D eigenvalue weighted by Crippen LogP contribution is 2.42. The number of benzene rings is 4. The molecule has 0 aliphatic rings. The molecule has 0 amide bonds. The molecule has 0 fully saturated rings. The molecule has 0 aromatic heterocycles. The quantitative estimate of drug-likeness (QED) is 0.136. The Morgan fingerprint density at radius 2 is 0.800 bits per heavy atom. The van der Waals surface area contributed by atoms with Crippen LogP contribution in [-0.4, -0.2) is 57.8 Å². The van der Waals surface area contributed by atoms with E-state index in [-0.39, 0.29) is 22.3 Å². The summed E-state index contributed by atoms with van der Waals surface area (Å²) in [6.45, 7) is 0. The van der Waals surface area contributed by atoms with Gasteiger partial charge < -0.3 is 29.9 Å². The van der Waals surface area contributed by atoms with Gasteiger partial charge in [-0.25, -0.2) is 0 Å². The number of aromatic hydroxyl groups is 4. The van der Waals surface area contributed by atoms with E-state index in [4.69, 9.17) is 9.47 Å². The second-order valence-corrected chi connectivity index (χ2v) is 8.55. The number of rotatable bonds is 9. The van der Waals surface area contributed by atoms with E-state index in [1.807, 2.05) is 0 Å². The number of phenols is 4. The molecule has 0 heterocycles. The van der Waals surface area contributed by atoms with Crippen LogP contribution in [0.1, 0.15) is 41.4 Å². The molecular formula is C30H22O10. The predicted octanol–water partition coefficient (Wildman–Crippen LogP) is 4.32. The molecule has 0 saturated heterocycles. The van der Waals surface area contributed by atoms with E-state index in [0.29, 0.717) is 11.5 Å². The molecule has 40 heavy (non-hydrogen) atoms. The van der Waals surface area contributed by atoms with Crippen LogP contribution >= 0.6 is 0 Å². The van der Waals surface area contributed by atoms with Crippen LogP contribution in [0, 0.1) is 0 Å². The second kappa shape index (κ2) is 11.0. The van der Waals surface area contributed by atoms with Gasteiger partial charge in [-0.15, -0.1) is 0 Å². The van der Waals surface area contributed by atoms with E-state index >= 15 is 0 Å². The van der Waals surface area contributed by atoms with E-state index in [9.17, 15) is 39.6 Å². The maximum atomic E-state index is 12.8. The zero-order valence-corrected chi connectivity index (χ0v) is 21.2. The van der Waals surface area contributed by atoms with Crippen LogP contribution in [0.4, 0.5) is 0 Å². The number of carbonyl (C=O) groups excluding carboxylic acids is 4. The van der Waals surface area contributed by atoms with Crippen LogP contribution in [-0.2, 0) is 0 Å². The molecule has 10 nitrogen and oxygen atoms in total. The van der Waals surface area contributed by atoms with Gasteiger partial charge in [0.05, 0.1) is 25.3 Å². The molecule has 0 atom stereocenters. The number of ketones is 4. The Kier molecular flexibility index (Phi) is 7.53. The van der Waals surface area contributed by atoms with Gasteiger partial charge in [-0.3, -0.25) is 19.2 Å². The van der Waals surface area contributed by atoms with Crippen LogP contribution in [0.15, 0.2) is 72.8 Å². The van der Waals surface area contributed by atoms with Gasteiger partial charge in [0.2, 0.25) is 23.1 Å². The zero-order valence-electron chi connectivity index (χ0n) is 21.2. The molecular weight excluding hydrogens is 520 g/mol. The number of hydrogen-bond acceptors (Lipinski definition) is 10. The fourth-order valence-electron chi connectivity index (χ4n) is 3.94. The van der Waals surface area contributed by atoms with E-state index in [1.54, 1.807) is 0 Å². The Morgan fingerprint density at radius 3 is 1.10 bits per heavy atom. The highest BCUT2D eigenvalue weighted by molar-refractivity contribution is 6.50. The Labute approximate surface area is 227 Å². The standard InChI is InChI=1S/C30H22O10/c1-39-17-7-3-15(4-8-17)27(35)29(37)21-13-23(31)19(11-25(21)33)20-12-26(34)22(14-24(20)32)30(38)28(36)16-5-9-18(40-2)10-6-16/h3-14,31-34H,1-2H3. The van der Waals surface area contributed by atoms with Crippen molar-refractivity contribution in [3.8, 4) is 45.6 Å². The molecule has 0 aliphatic carbocycles. The van der Waals surface area contributed by atoms with Crippen molar-refractivity contribution in [3.05, 3.63) is 95.1 Å². The van der Waals surface area contributed by atoms with Crippen molar-refractivity contribution in [2.24, 2.45) is 0 Å². The smallest absolute Gasteiger partial charge is 0.237 e. The van der Waals surface area contributed by atoms with Crippen molar-refractivity contribution in [2.75, 3.05) is 14.2 Å². The van der Waals surface area contributed by atoms with Gasteiger partial charge in [0, 0.05) is 22.3 Å². The van der Waals surface area contributed by atoms with Gasteiger partial charge in [-0.1, -0.05) is 0 Å². The minimum absolute atomic E-state index is 0.0285. The second-order valence-electron chi connectivity index (χ2n) is 8.55. The fourth-order valence-corrected chi connectivity index (χ4v) is 3.94. The lowest BCUT2D eigenvalue weighted by molar-refractivity contribution is 0.0815. The molecule has 10 heteroatoms. The summed E-state index contributed by atoms with van der Waals surface area (Å²) in [5.74, 6) is -5.78. The molecule has 0 radical (unpaired) electrons. The SMILES string of the molecule is COc1ccc(C(=O)C(=O)c2cc(O)c(-c3cc(O)c(C(=O)C(=O)c4ccc(OC)cc4)cc3O)cc2O)cc1. The lowest BCUT2D eigenvalue weighted by Gasteiger charge is -2.13. The van der Waals surface area contributed by atoms with Crippen molar-refractivity contribution in [1.82, 2.24) is 0 Å². The summed E-state index contributed by atoms with van der Waals surface area (Å²) >= 11 is 0. The molecule has 4 rings (SSSR count). The molecule has 0 unspecified atom stereocenters. The van der Waals surface area contributed by atoms with Gasteiger partial charge in [-0.2, -0.15) is 0 Å². The van der Waals surface area contributed by atoms with Gasteiger partial charge in [0.25, 0.3) is 0 Å². The maximum absolute atomic E-state index is 12.8. The lowest BCUT2D eigenvalue weighted by Crippen LogP contribution is -2.15. The van der Waals surface area contributed by atoms with Crippen LogP contribution in [0.5, 0.6) is 34.5 Å². The minimum atomic E-state index is -1.10. The highest BCUT2D eigenvalue weighted by Gasteiger charge is 2.27. The molecule has 0 saturated carbocycles. The largest absolute Gasteiger partial charge is 0.507 e. The zero-order chi connectivity index (χ0) is 29.1. The average Bonchev–Trinajstić information content (AvgIpc) is 2.97. The molecule has 0 bridgehead atoms. The predicted molar refractivity (Wildman–Crippen MR) is 142 cm³/mol.